The van der Waals surface area contributed by atoms with E-state index in [1.165, 1.54) is 0 Å². The maximum Gasteiger partial charge on any atom is 0.350 e. The highest BCUT2D eigenvalue weighted by molar-refractivity contribution is 7.89. The molecule has 1 aliphatic rings. The van der Waals surface area contributed by atoms with Crippen LogP contribution in [-0.2, 0) is 10.0 Å². The second kappa shape index (κ2) is 3.91. The number of alkyl halides is 2. The molecule has 6 heteroatoms. The van der Waals surface area contributed by atoms with Crippen LogP contribution < -0.4 is 0 Å². The van der Waals surface area contributed by atoms with Crippen molar-refractivity contribution in [3.05, 3.63) is 0 Å². The van der Waals surface area contributed by atoms with Gasteiger partial charge in [0.2, 0.25) is 0 Å². The van der Waals surface area contributed by atoms with Crippen LogP contribution in [0.25, 0.3) is 0 Å². The average Bonchev–Trinajstić information content (AvgIpc) is 1.98. The number of hydrogen-bond donors (Lipinski definition) is 0. The first-order valence-corrected chi connectivity index (χ1v) is 6.85. The molecule has 0 bridgehead atoms. The van der Waals surface area contributed by atoms with Gasteiger partial charge in [-0.3, -0.25) is 0 Å². The fraction of sp³-hybridized carbons (Fsp3) is 1.00. The molecule has 0 aromatic carbocycles. The standard InChI is InChI=1S/C10H19F2NO2S/c1-9(2)6-5-7-10(3,4)13(9)16(14,15)8(11)12/h8H,5-7H2,1-4H3. The minimum Gasteiger partial charge on any atom is -0.206 e. The molecule has 1 heterocycles. The van der Waals surface area contributed by atoms with Crippen molar-refractivity contribution >= 4 is 10.0 Å². The smallest absolute Gasteiger partial charge is 0.206 e. The van der Waals surface area contributed by atoms with Crippen molar-refractivity contribution in [1.82, 2.24) is 4.31 Å². The lowest BCUT2D eigenvalue weighted by atomic mass is 9.83. The topological polar surface area (TPSA) is 37.4 Å². The molecule has 1 rings (SSSR count). The van der Waals surface area contributed by atoms with Crippen molar-refractivity contribution in [3.63, 3.8) is 0 Å². The first kappa shape index (κ1) is 13.8. The molecule has 0 N–H and O–H groups in total. The number of sulfonamides is 1. The van der Waals surface area contributed by atoms with Crippen molar-refractivity contribution in [2.24, 2.45) is 0 Å². The van der Waals surface area contributed by atoms with Gasteiger partial charge in [-0.15, -0.1) is 0 Å². The van der Waals surface area contributed by atoms with E-state index in [0.29, 0.717) is 12.8 Å². The molecule has 1 fully saturated rings. The molecule has 0 amide bonds. The molecule has 1 saturated heterocycles. The van der Waals surface area contributed by atoms with Crippen LogP contribution in [0.2, 0.25) is 0 Å². The first-order valence-electron chi connectivity index (χ1n) is 5.34. The predicted molar refractivity (Wildman–Crippen MR) is 58.8 cm³/mol. The van der Waals surface area contributed by atoms with E-state index in [9.17, 15) is 17.2 Å². The Hall–Kier alpha value is -0.230. The predicted octanol–water partition coefficient (Wildman–Crippen LogP) is 2.58. The van der Waals surface area contributed by atoms with Gasteiger partial charge in [0.05, 0.1) is 0 Å². The van der Waals surface area contributed by atoms with Gasteiger partial charge in [0.1, 0.15) is 0 Å². The van der Waals surface area contributed by atoms with Gasteiger partial charge < -0.3 is 0 Å². The quantitative estimate of drug-likeness (QED) is 0.760. The van der Waals surface area contributed by atoms with E-state index in [4.69, 9.17) is 0 Å². The van der Waals surface area contributed by atoms with Gasteiger partial charge in [-0.25, -0.2) is 8.42 Å². The van der Waals surface area contributed by atoms with Crippen LogP contribution in [-0.4, -0.2) is 29.6 Å². The van der Waals surface area contributed by atoms with Crippen LogP contribution >= 0.6 is 0 Å². The summed E-state index contributed by atoms with van der Waals surface area (Å²) in [5.74, 6) is -3.34. The highest BCUT2D eigenvalue weighted by atomic mass is 32.2. The maximum atomic E-state index is 12.7. The second-order valence-corrected chi connectivity index (χ2v) is 7.30. The zero-order valence-electron chi connectivity index (χ0n) is 10.1. The van der Waals surface area contributed by atoms with Gasteiger partial charge in [0.25, 0.3) is 10.0 Å². The summed E-state index contributed by atoms with van der Waals surface area (Å²) in [7, 11) is -4.52. The molecule has 0 aromatic rings. The molecule has 0 saturated carbocycles. The van der Waals surface area contributed by atoms with Crippen molar-refractivity contribution < 1.29 is 17.2 Å². The third-order valence-electron chi connectivity index (χ3n) is 3.16. The van der Waals surface area contributed by atoms with Gasteiger partial charge >= 0.3 is 5.76 Å². The molecule has 96 valence electrons. The first-order chi connectivity index (χ1) is 7.02. The second-order valence-electron chi connectivity index (χ2n) is 5.55. The molecule has 16 heavy (non-hydrogen) atoms. The maximum absolute atomic E-state index is 12.7. The molecule has 0 aromatic heterocycles. The van der Waals surface area contributed by atoms with Gasteiger partial charge in [0.15, 0.2) is 0 Å². The van der Waals surface area contributed by atoms with Crippen LogP contribution in [0.15, 0.2) is 0 Å². The normalized spacial score (nSPS) is 25.9. The molecule has 1 aliphatic heterocycles. The van der Waals surface area contributed by atoms with Crippen molar-refractivity contribution in [3.8, 4) is 0 Å². The van der Waals surface area contributed by atoms with Crippen LogP contribution in [0.5, 0.6) is 0 Å². The zero-order chi connectivity index (χ0) is 12.8. The van der Waals surface area contributed by atoms with Crippen LogP contribution in [0.3, 0.4) is 0 Å². The van der Waals surface area contributed by atoms with Gasteiger partial charge in [0, 0.05) is 11.1 Å². The lowest BCUT2D eigenvalue weighted by Gasteiger charge is -2.51. The van der Waals surface area contributed by atoms with E-state index < -0.39 is 26.9 Å². The fourth-order valence-electron chi connectivity index (χ4n) is 2.74. The highest BCUT2D eigenvalue weighted by Gasteiger charge is 2.51. The molecule has 0 unspecified atom stereocenters. The molecule has 0 atom stereocenters. The Balaban J connectivity index is 3.25. The third kappa shape index (κ3) is 2.22. The highest BCUT2D eigenvalue weighted by Crippen LogP contribution is 2.41. The zero-order valence-corrected chi connectivity index (χ0v) is 10.9. The summed E-state index contributed by atoms with van der Waals surface area (Å²) in [6, 6.07) is 0. The van der Waals surface area contributed by atoms with E-state index in [1.807, 2.05) is 0 Å². The largest absolute Gasteiger partial charge is 0.350 e. The Morgan fingerprint density at radius 1 is 1.06 bits per heavy atom. The van der Waals surface area contributed by atoms with Gasteiger partial charge in [-0.05, 0) is 47.0 Å². The van der Waals surface area contributed by atoms with E-state index in [2.05, 4.69) is 0 Å². The molecule has 0 spiro atoms. The summed E-state index contributed by atoms with van der Waals surface area (Å²) < 4.78 is 49.7. The van der Waals surface area contributed by atoms with Crippen molar-refractivity contribution in [2.75, 3.05) is 0 Å². The lowest BCUT2D eigenvalue weighted by molar-refractivity contribution is 0.0467. The van der Waals surface area contributed by atoms with E-state index in [1.54, 1.807) is 27.7 Å². The molecule has 3 nitrogen and oxygen atoms in total. The Morgan fingerprint density at radius 2 is 1.44 bits per heavy atom. The number of rotatable bonds is 2. The molecule has 0 radical (unpaired) electrons. The van der Waals surface area contributed by atoms with Crippen LogP contribution in [0.4, 0.5) is 8.78 Å². The minimum atomic E-state index is -4.52. The van der Waals surface area contributed by atoms with E-state index in [-0.39, 0.29) is 0 Å². The van der Waals surface area contributed by atoms with E-state index >= 15 is 0 Å². The van der Waals surface area contributed by atoms with E-state index in [0.717, 1.165) is 10.7 Å². The van der Waals surface area contributed by atoms with Crippen LogP contribution in [0, 0.1) is 0 Å². The summed E-state index contributed by atoms with van der Waals surface area (Å²) in [4.78, 5) is 0. The summed E-state index contributed by atoms with van der Waals surface area (Å²) in [6.45, 7) is 6.81. The SMILES string of the molecule is CC1(C)CCCC(C)(C)N1S(=O)(=O)C(F)F. The van der Waals surface area contributed by atoms with Crippen LogP contribution in [0.1, 0.15) is 47.0 Å². The Bertz CT molecular complexity index is 347. The lowest BCUT2D eigenvalue weighted by Crippen LogP contribution is -2.61. The summed E-state index contributed by atoms with van der Waals surface area (Å²) >= 11 is 0. The molecular weight excluding hydrogens is 236 g/mol. The summed E-state index contributed by atoms with van der Waals surface area (Å²) in [6.07, 6.45) is 2.08. The Kier molecular flexibility index (Phi) is 3.38. The summed E-state index contributed by atoms with van der Waals surface area (Å²) in [5.41, 5.74) is -1.48. The average molecular weight is 255 g/mol. The fourth-order valence-corrected chi connectivity index (χ4v) is 4.46. The minimum absolute atomic E-state index is 0.613. The monoisotopic (exact) mass is 255 g/mol. The summed E-state index contributed by atoms with van der Waals surface area (Å²) in [5, 5.41) is 0. The third-order valence-corrected chi connectivity index (χ3v) is 5.10. The van der Waals surface area contributed by atoms with Crippen molar-refractivity contribution in [1.29, 1.82) is 0 Å². The van der Waals surface area contributed by atoms with Gasteiger partial charge in [-0.1, -0.05) is 0 Å². The number of halogens is 2. The number of nitrogens with zero attached hydrogens (tertiary/aromatic N) is 1. The molecular formula is C10H19F2NO2S. The number of hydrogen-bond acceptors (Lipinski definition) is 2. The van der Waals surface area contributed by atoms with Gasteiger partial charge in [-0.2, -0.15) is 13.1 Å². The Labute approximate surface area is 95.9 Å². The molecule has 0 aliphatic carbocycles. The Morgan fingerprint density at radius 3 is 1.75 bits per heavy atom. The number of piperidine rings is 1. The van der Waals surface area contributed by atoms with Crippen molar-refractivity contribution in [2.45, 2.75) is 63.8 Å².